The molecule has 8 heteroatoms. The van der Waals surface area contributed by atoms with Gasteiger partial charge in [0, 0.05) is 42.0 Å². The molecule has 0 unspecified atom stereocenters. The number of aryl methyl sites for hydroxylation is 3. The van der Waals surface area contributed by atoms with Gasteiger partial charge in [-0.15, -0.1) is 0 Å². The summed E-state index contributed by atoms with van der Waals surface area (Å²) in [6.07, 6.45) is 8.87. The van der Waals surface area contributed by atoms with E-state index in [1.165, 1.54) is 16.7 Å². The zero-order chi connectivity index (χ0) is 29.4. The van der Waals surface area contributed by atoms with Crippen LogP contribution in [0.5, 0.6) is 0 Å². The van der Waals surface area contributed by atoms with Crippen LogP contribution in [0.25, 0.3) is 0 Å². The fourth-order valence-corrected chi connectivity index (χ4v) is 12.4. The van der Waals surface area contributed by atoms with E-state index in [0.29, 0.717) is 39.6 Å². The Morgan fingerprint density at radius 3 is 1.05 bits per heavy atom. The van der Waals surface area contributed by atoms with Gasteiger partial charge in [0.1, 0.15) is 0 Å². The van der Waals surface area contributed by atoms with E-state index in [2.05, 4.69) is 54.6 Å². The second-order valence-corrected chi connectivity index (χ2v) is 17.5. The number of hydrogen-bond acceptors (Lipinski definition) is 7. The maximum Gasteiger partial charge on any atom is 0.195 e. The lowest BCUT2D eigenvalue weighted by Crippen LogP contribution is -2.36. The van der Waals surface area contributed by atoms with Crippen molar-refractivity contribution in [2.24, 2.45) is 0 Å². The smallest absolute Gasteiger partial charge is 0.195 e. The number of ether oxygens (including phenoxy) is 6. The molecule has 44 heavy (non-hydrogen) atoms. The molecule has 6 nitrogen and oxygen atoms in total. The van der Waals surface area contributed by atoms with E-state index in [1.54, 1.807) is 0 Å². The molecule has 3 fully saturated rings. The number of hydrogen-bond donors (Lipinski definition) is 0. The average molecular weight is 631 g/mol. The van der Waals surface area contributed by atoms with Crippen molar-refractivity contribution in [3.63, 3.8) is 0 Å². The van der Waals surface area contributed by atoms with Crippen LogP contribution in [0.15, 0.2) is 54.6 Å². The van der Waals surface area contributed by atoms with Crippen LogP contribution in [-0.4, -0.2) is 39.6 Å². The van der Waals surface area contributed by atoms with Gasteiger partial charge < -0.3 is 28.4 Å². The highest BCUT2D eigenvalue weighted by Gasteiger charge is 2.46. The molecule has 3 heterocycles. The minimum atomic E-state index is -2.59. The zero-order valence-electron chi connectivity index (χ0n) is 25.1. The lowest BCUT2D eigenvalue weighted by atomic mass is 9.86. The van der Waals surface area contributed by atoms with Crippen molar-refractivity contribution >= 4 is 33.8 Å². The molecule has 0 N–H and O–H groups in total. The first-order valence-corrected chi connectivity index (χ1v) is 19.2. The van der Waals surface area contributed by atoms with Crippen LogP contribution in [0.2, 0.25) is 0 Å². The molecule has 3 saturated heterocycles. The van der Waals surface area contributed by atoms with E-state index in [1.807, 2.05) is 0 Å². The average Bonchev–Trinajstić information content (AvgIpc) is 3.84. The molecule has 3 aliphatic carbocycles. The van der Waals surface area contributed by atoms with Gasteiger partial charge in [0.15, 0.2) is 17.4 Å². The monoisotopic (exact) mass is 630 g/mol. The first-order chi connectivity index (χ1) is 21.5. The Balaban J connectivity index is 1.26. The standard InChI is InChI=1S/C36H39O6PS/c44-43(28-10-7-25-4-1-13-34(31(25)22-28)37-16-17-38-34,29-11-8-26-5-2-14-35(32(26)23-29)39-18-19-40-35)30-12-9-27-6-3-15-36(33(27)24-30)41-20-21-42-36/h7-12,22-24H,1-6,13-21H2. The molecule has 3 aromatic rings. The molecule has 0 saturated carbocycles. The van der Waals surface area contributed by atoms with Crippen LogP contribution in [0.1, 0.15) is 71.9 Å². The lowest BCUT2D eigenvalue weighted by molar-refractivity contribution is -0.175. The quantitative estimate of drug-likeness (QED) is 0.376. The minimum absolute atomic E-state index is 0.623. The van der Waals surface area contributed by atoms with Crippen molar-refractivity contribution in [2.75, 3.05) is 39.6 Å². The first kappa shape index (κ1) is 28.3. The molecule has 0 amide bonds. The van der Waals surface area contributed by atoms with Gasteiger partial charge in [0.05, 0.1) is 39.6 Å². The van der Waals surface area contributed by atoms with Gasteiger partial charge in [0.2, 0.25) is 0 Å². The Kier molecular flexibility index (Phi) is 6.79. The second-order valence-electron chi connectivity index (χ2n) is 13.0. The Morgan fingerprint density at radius 1 is 0.455 bits per heavy atom. The highest BCUT2D eigenvalue weighted by Crippen LogP contribution is 2.51. The van der Waals surface area contributed by atoms with Crippen molar-refractivity contribution in [1.82, 2.24) is 0 Å². The molecule has 0 bridgehead atoms. The van der Waals surface area contributed by atoms with Crippen LogP contribution >= 0.6 is 6.04 Å². The molecule has 0 radical (unpaired) electrons. The summed E-state index contributed by atoms with van der Waals surface area (Å²) in [5, 5.41) is 3.47. The molecule has 3 aromatic carbocycles. The predicted molar refractivity (Wildman–Crippen MR) is 172 cm³/mol. The minimum Gasteiger partial charge on any atom is -0.343 e. The summed E-state index contributed by atoms with van der Waals surface area (Å²) in [7, 11) is 0. The summed E-state index contributed by atoms with van der Waals surface area (Å²) in [5.74, 6) is -2.00. The summed E-state index contributed by atoms with van der Waals surface area (Å²) in [4.78, 5) is 0. The zero-order valence-corrected chi connectivity index (χ0v) is 26.8. The summed E-state index contributed by atoms with van der Waals surface area (Å²) in [5.41, 5.74) is 7.37. The van der Waals surface area contributed by atoms with Crippen LogP contribution in [0.3, 0.4) is 0 Å². The molecule has 3 spiro atoms. The van der Waals surface area contributed by atoms with E-state index in [9.17, 15) is 0 Å². The van der Waals surface area contributed by atoms with Crippen LogP contribution in [0.4, 0.5) is 0 Å². The Morgan fingerprint density at radius 2 is 0.750 bits per heavy atom. The summed E-state index contributed by atoms with van der Waals surface area (Å²) in [6, 6.07) is 18.1. The van der Waals surface area contributed by atoms with Crippen molar-refractivity contribution in [3.8, 4) is 0 Å². The van der Waals surface area contributed by atoms with Gasteiger partial charge in [-0.3, -0.25) is 0 Å². The highest BCUT2D eigenvalue weighted by atomic mass is 32.4. The second kappa shape index (κ2) is 10.5. The summed E-state index contributed by atoms with van der Waals surface area (Å²) >= 11 is 7.07. The molecular formula is C36H39O6PS. The molecule has 0 atom stereocenters. The van der Waals surface area contributed by atoms with Crippen LogP contribution < -0.4 is 15.9 Å². The van der Waals surface area contributed by atoms with E-state index in [-0.39, 0.29) is 0 Å². The number of benzene rings is 3. The molecule has 3 aliphatic heterocycles. The highest BCUT2D eigenvalue weighted by molar-refractivity contribution is 8.25. The molecule has 0 aromatic heterocycles. The largest absolute Gasteiger partial charge is 0.343 e. The van der Waals surface area contributed by atoms with E-state index < -0.39 is 23.4 Å². The molecule has 9 rings (SSSR count). The Labute approximate surface area is 264 Å². The van der Waals surface area contributed by atoms with Crippen LogP contribution in [0, 0.1) is 0 Å². The molecule has 230 valence electrons. The van der Waals surface area contributed by atoms with Crippen LogP contribution in [-0.2, 0) is 76.9 Å². The Bertz CT molecular complexity index is 1470. The number of fused-ring (bicyclic) bond motifs is 6. The van der Waals surface area contributed by atoms with Gasteiger partial charge in [-0.1, -0.05) is 48.2 Å². The van der Waals surface area contributed by atoms with Gasteiger partial charge in [-0.05, 0) is 89.3 Å². The van der Waals surface area contributed by atoms with Gasteiger partial charge in [-0.25, -0.2) is 0 Å². The maximum atomic E-state index is 7.07. The number of rotatable bonds is 3. The Hall–Kier alpha value is -1.93. The van der Waals surface area contributed by atoms with E-state index in [0.717, 1.165) is 90.4 Å². The fraction of sp³-hybridized carbons (Fsp3) is 0.500. The summed E-state index contributed by atoms with van der Waals surface area (Å²) < 4.78 is 38.1. The van der Waals surface area contributed by atoms with Gasteiger partial charge in [-0.2, -0.15) is 0 Å². The van der Waals surface area contributed by atoms with Crippen molar-refractivity contribution in [1.29, 1.82) is 0 Å². The fourth-order valence-electron chi connectivity index (χ4n) is 8.65. The van der Waals surface area contributed by atoms with E-state index >= 15 is 0 Å². The topological polar surface area (TPSA) is 55.4 Å². The maximum absolute atomic E-state index is 7.07. The lowest BCUT2D eigenvalue weighted by Gasteiger charge is -2.37. The molecule has 6 aliphatic rings. The van der Waals surface area contributed by atoms with Crippen molar-refractivity contribution in [3.05, 3.63) is 88.0 Å². The van der Waals surface area contributed by atoms with Crippen molar-refractivity contribution in [2.45, 2.75) is 75.1 Å². The first-order valence-electron chi connectivity index (χ1n) is 16.4. The van der Waals surface area contributed by atoms with Gasteiger partial charge >= 0.3 is 0 Å². The van der Waals surface area contributed by atoms with Crippen molar-refractivity contribution < 1.29 is 28.4 Å². The third-order valence-electron chi connectivity index (χ3n) is 10.7. The normalized spacial score (nSPS) is 24.5. The predicted octanol–water partition coefficient (Wildman–Crippen LogP) is 5.05. The van der Waals surface area contributed by atoms with E-state index in [4.69, 9.17) is 40.2 Å². The SMILES string of the molecule is S=P(c1ccc2c(c1)C1(CCC2)OCCO1)(c1ccc2c(c1)C1(CCC2)OCCO1)c1ccc2c(c1)C1(CCC2)OCCO1. The summed E-state index contributed by atoms with van der Waals surface area (Å²) in [6.45, 7) is 3.74. The third-order valence-corrected chi connectivity index (χ3v) is 15.6. The van der Waals surface area contributed by atoms with Gasteiger partial charge in [0.25, 0.3) is 0 Å². The molecular weight excluding hydrogens is 591 g/mol. The third kappa shape index (κ3) is 4.17.